The highest BCUT2D eigenvalue weighted by molar-refractivity contribution is 5.92. The van der Waals surface area contributed by atoms with E-state index in [9.17, 15) is 22.8 Å². The Labute approximate surface area is 154 Å². The maximum Gasteiger partial charge on any atom is 0.416 e. The maximum atomic E-state index is 12.7. The van der Waals surface area contributed by atoms with Gasteiger partial charge in [-0.1, -0.05) is 6.07 Å². The van der Waals surface area contributed by atoms with Crippen LogP contribution in [0.1, 0.15) is 46.2 Å². The van der Waals surface area contributed by atoms with Gasteiger partial charge < -0.3 is 15.0 Å². The number of carbonyl (C=O) groups excluding carboxylic acids is 2. The van der Waals surface area contributed by atoms with E-state index in [-0.39, 0.29) is 18.7 Å². The van der Waals surface area contributed by atoms with E-state index in [1.807, 2.05) is 0 Å². The third-order valence-corrected chi connectivity index (χ3v) is 4.15. The van der Waals surface area contributed by atoms with E-state index in [1.165, 1.54) is 12.1 Å². The zero-order valence-electron chi connectivity index (χ0n) is 15.3. The second-order valence-electron chi connectivity index (χ2n) is 6.08. The molecule has 2 aromatic rings. The number of ether oxygens (including phenoxy) is 1. The van der Waals surface area contributed by atoms with Crippen LogP contribution >= 0.6 is 0 Å². The zero-order chi connectivity index (χ0) is 20.2. The maximum absolute atomic E-state index is 12.7. The van der Waals surface area contributed by atoms with E-state index < -0.39 is 23.6 Å². The molecule has 27 heavy (non-hydrogen) atoms. The molecule has 8 heteroatoms. The summed E-state index contributed by atoms with van der Waals surface area (Å²) in [4.78, 5) is 27.0. The zero-order valence-corrected chi connectivity index (χ0v) is 15.3. The standard InChI is InChI=1S/C19H21F3N2O3/c1-4-27-18(26)17-11(2)15(12(3)23-17)8-9-16(25)24-14-7-5-6-13(10-14)19(20,21)22/h5-7,10,23H,4,8-9H2,1-3H3,(H,24,25). The van der Waals surface area contributed by atoms with Crippen molar-refractivity contribution in [3.05, 3.63) is 52.3 Å². The fraction of sp³-hybridized carbons (Fsp3) is 0.368. The average Bonchev–Trinajstić information content (AvgIpc) is 2.87. The van der Waals surface area contributed by atoms with Gasteiger partial charge in [0.15, 0.2) is 0 Å². The first kappa shape index (κ1) is 20.5. The van der Waals surface area contributed by atoms with Gasteiger partial charge in [0, 0.05) is 17.8 Å². The second kappa shape index (κ2) is 8.28. The number of anilines is 1. The number of aromatic amines is 1. The number of carbonyl (C=O) groups is 2. The fourth-order valence-electron chi connectivity index (χ4n) is 2.81. The number of aryl methyl sites for hydroxylation is 1. The summed E-state index contributed by atoms with van der Waals surface area (Å²) in [6, 6.07) is 4.48. The molecule has 0 aliphatic rings. The first-order valence-corrected chi connectivity index (χ1v) is 8.45. The lowest BCUT2D eigenvalue weighted by molar-refractivity contribution is -0.137. The van der Waals surface area contributed by atoms with Crippen LogP contribution in [0.5, 0.6) is 0 Å². The molecule has 5 nitrogen and oxygen atoms in total. The highest BCUT2D eigenvalue weighted by Gasteiger charge is 2.30. The van der Waals surface area contributed by atoms with Gasteiger partial charge in [-0.15, -0.1) is 0 Å². The van der Waals surface area contributed by atoms with Crippen LogP contribution in [-0.4, -0.2) is 23.5 Å². The van der Waals surface area contributed by atoms with Gasteiger partial charge in [-0.25, -0.2) is 4.79 Å². The molecule has 0 unspecified atom stereocenters. The Balaban J connectivity index is 2.03. The van der Waals surface area contributed by atoms with Crippen molar-refractivity contribution in [2.45, 2.75) is 39.8 Å². The molecule has 0 atom stereocenters. The van der Waals surface area contributed by atoms with Crippen LogP contribution in [-0.2, 0) is 22.1 Å². The Kier molecular flexibility index (Phi) is 6.30. The Morgan fingerprint density at radius 3 is 2.56 bits per heavy atom. The van der Waals surface area contributed by atoms with Gasteiger partial charge in [-0.05, 0) is 56.5 Å². The molecule has 0 aliphatic heterocycles. The van der Waals surface area contributed by atoms with Crippen LogP contribution in [0.3, 0.4) is 0 Å². The van der Waals surface area contributed by atoms with E-state index in [0.717, 1.165) is 23.4 Å². The molecule has 0 bridgehead atoms. The molecule has 2 rings (SSSR count). The predicted octanol–water partition coefficient (Wildman–Crippen LogP) is 4.40. The van der Waals surface area contributed by atoms with Crippen LogP contribution in [0.25, 0.3) is 0 Å². The van der Waals surface area contributed by atoms with Crippen molar-refractivity contribution < 1.29 is 27.5 Å². The average molecular weight is 382 g/mol. The third-order valence-electron chi connectivity index (χ3n) is 4.15. The Hall–Kier alpha value is -2.77. The lowest BCUT2D eigenvalue weighted by Gasteiger charge is -2.10. The molecular weight excluding hydrogens is 361 g/mol. The van der Waals surface area contributed by atoms with Crippen molar-refractivity contribution in [3.8, 4) is 0 Å². The van der Waals surface area contributed by atoms with Crippen molar-refractivity contribution in [1.29, 1.82) is 0 Å². The summed E-state index contributed by atoms with van der Waals surface area (Å²) in [5.41, 5.74) is 1.89. The van der Waals surface area contributed by atoms with Gasteiger partial charge in [0.2, 0.25) is 5.91 Å². The number of aromatic nitrogens is 1. The summed E-state index contributed by atoms with van der Waals surface area (Å²) >= 11 is 0. The van der Waals surface area contributed by atoms with Gasteiger partial charge >= 0.3 is 12.1 Å². The van der Waals surface area contributed by atoms with Gasteiger partial charge in [0.05, 0.1) is 12.2 Å². The monoisotopic (exact) mass is 382 g/mol. The molecular formula is C19H21F3N2O3. The summed E-state index contributed by atoms with van der Waals surface area (Å²) in [5.74, 6) is -0.871. The largest absolute Gasteiger partial charge is 0.461 e. The van der Waals surface area contributed by atoms with Crippen molar-refractivity contribution in [2.75, 3.05) is 11.9 Å². The van der Waals surface area contributed by atoms with E-state index in [1.54, 1.807) is 20.8 Å². The topological polar surface area (TPSA) is 71.2 Å². The predicted molar refractivity (Wildman–Crippen MR) is 94.6 cm³/mol. The van der Waals surface area contributed by atoms with Crippen LogP contribution in [0.2, 0.25) is 0 Å². The van der Waals surface area contributed by atoms with E-state index in [2.05, 4.69) is 10.3 Å². The fourth-order valence-corrected chi connectivity index (χ4v) is 2.81. The van der Waals surface area contributed by atoms with Crippen molar-refractivity contribution in [3.63, 3.8) is 0 Å². The summed E-state index contributed by atoms with van der Waals surface area (Å²) in [6.07, 6.45) is -4.06. The molecule has 0 radical (unpaired) electrons. The van der Waals surface area contributed by atoms with E-state index >= 15 is 0 Å². The molecule has 0 saturated heterocycles. The number of halogens is 3. The molecule has 2 N–H and O–H groups in total. The number of nitrogens with one attached hydrogen (secondary N) is 2. The number of amides is 1. The summed E-state index contributed by atoms with van der Waals surface area (Å²) < 4.78 is 43.2. The number of rotatable bonds is 6. The van der Waals surface area contributed by atoms with Crippen molar-refractivity contribution in [1.82, 2.24) is 4.98 Å². The quantitative estimate of drug-likeness (QED) is 0.728. The second-order valence-corrected chi connectivity index (χ2v) is 6.08. The SMILES string of the molecule is CCOC(=O)c1[nH]c(C)c(CCC(=O)Nc2cccc(C(F)(F)F)c2)c1C. The first-order valence-electron chi connectivity index (χ1n) is 8.45. The minimum absolute atomic E-state index is 0.0675. The van der Waals surface area contributed by atoms with Gasteiger partial charge in [0.25, 0.3) is 0 Å². The van der Waals surface area contributed by atoms with Crippen LogP contribution in [0.4, 0.5) is 18.9 Å². The number of hydrogen-bond donors (Lipinski definition) is 2. The summed E-state index contributed by atoms with van der Waals surface area (Å²) in [5, 5.41) is 2.47. The molecule has 0 aliphatic carbocycles. The molecule has 1 aromatic heterocycles. The summed E-state index contributed by atoms with van der Waals surface area (Å²) in [6.45, 7) is 5.51. The molecule has 0 saturated carbocycles. The van der Waals surface area contributed by atoms with Crippen LogP contribution in [0.15, 0.2) is 24.3 Å². The molecule has 1 aromatic carbocycles. The number of alkyl halides is 3. The lowest BCUT2D eigenvalue weighted by atomic mass is 10.0. The van der Waals surface area contributed by atoms with Crippen LogP contribution < -0.4 is 5.32 Å². The Bertz CT molecular complexity index is 841. The molecule has 1 heterocycles. The smallest absolute Gasteiger partial charge is 0.416 e. The molecule has 0 spiro atoms. The molecule has 146 valence electrons. The highest BCUT2D eigenvalue weighted by atomic mass is 19.4. The van der Waals surface area contributed by atoms with Gasteiger partial charge in [0.1, 0.15) is 5.69 Å². The van der Waals surface area contributed by atoms with Crippen LogP contribution in [0, 0.1) is 13.8 Å². The van der Waals surface area contributed by atoms with Crippen molar-refractivity contribution in [2.24, 2.45) is 0 Å². The minimum atomic E-state index is -4.47. The number of hydrogen-bond acceptors (Lipinski definition) is 3. The number of H-pyrrole nitrogens is 1. The first-order chi connectivity index (χ1) is 12.6. The Morgan fingerprint density at radius 2 is 1.93 bits per heavy atom. The normalized spacial score (nSPS) is 11.3. The third kappa shape index (κ3) is 5.12. The van der Waals surface area contributed by atoms with E-state index in [4.69, 9.17) is 4.74 Å². The number of esters is 1. The van der Waals surface area contributed by atoms with Gasteiger partial charge in [-0.3, -0.25) is 4.79 Å². The Morgan fingerprint density at radius 1 is 1.22 bits per heavy atom. The summed E-state index contributed by atoms with van der Waals surface area (Å²) in [7, 11) is 0. The molecule has 1 amide bonds. The number of benzene rings is 1. The highest BCUT2D eigenvalue weighted by Crippen LogP contribution is 2.30. The minimum Gasteiger partial charge on any atom is -0.461 e. The van der Waals surface area contributed by atoms with Gasteiger partial charge in [-0.2, -0.15) is 13.2 Å². The van der Waals surface area contributed by atoms with Crippen molar-refractivity contribution >= 4 is 17.6 Å². The molecule has 0 fully saturated rings. The lowest BCUT2D eigenvalue weighted by Crippen LogP contribution is -2.14. The van der Waals surface area contributed by atoms with E-state index in [0.29, 0.717) is 17.7 Å².